The van der Waals surface area contributed by atoms with Crippen LogP contribution in [0.15, 0.2) is 0 Å². The molecule has 1 N–H and O–H groups in total. The van der Waals surface area contributed by atoms with Gasteiger partial charge in [0, 0.05) is 7.11 Å². The Bertz CT molecular complexity index is 399. The summed E-state index contributed by atoms with van der Waals surface area (Å²) >= 11 is 0. The largest absolute Gasteiger partial charge is 0.459 e. The second kappa shape index (κ2) is 7.95. The summed E-state index contributed by atoms with van der Waals surface area (Å²) in [6, 6.07) is -0.874. The fourth-order valence-corrected chi connectivity index (χ4v) is 2.66. The molecule has 0 radical (unpaired) electrons. The van der Waals surface area contributed by atoms with Gasteiger partial charge in [-0.2, -0.15) is 0 Å². The molecule has 0 saturated heterocycles. The quantitative estimate of drug-likeness (QED) is 0.684. The highest BCUT2D eigenvalue weighted by Crippen LogP contribution is 2.15. The number of esters is 1. The van der Waals surface area contributed by atoms with E-state index in [9.17, 15) is 13.2 Å². The van der Waals surface area contributed by atoms with Crippen LogP contribution in [0.1, 0.15) is 41.0 Å². The molecule has 0 aromatic rings. The Kier molecular flexibility index (Phi) is 7.69. The molecule has 7 heteroatoms. The van der Waals surface area contributed by atoms with Crippen molar-refractivity contribution in [2.75, 3.05) is 19.5 Å². The van der Waals surface area contributed by atoms with Crippen molar-refractivity contribution in [1.82, 2.24) is 4.72 Å². The van der Waals surface area contributed by atoms with E-state index in [1.165, 1.54) is 7.11 Å². The van der Waals surface area contributed by atoms with Crippen LogP contribution < -0.4 is 4.72 Å². The number of hydrogen-bond acceptors (Lipinski definition) is 5. The topological polar surface area (TPSA) is 81.7 Å². The summed E-state index contributed by atoms with van der Waals surface area (Å²) in [7, 11) is -2.15. The SMILES string of the molecule is CC[C@H](C)[C@H](NS(=O)(=O)CCOC)C(=O)OC(C)(C)C. The normalized spacial score (nSPS) is 15.7. The predicted octanol–water partition coefficient (Wildman–Crippen LogP) is 1.31. The summed E-state index contributed by atoms with van der Waals surface area (Å²) in [5.74, 6) is -0.880. The molecule has 0 unspecified atom stereocenters. The number of rotatable bonds is 8. The average Bonchev–Trinajstić information content (AvgIpc) is 2.30. The molecule has 0 aliphatic heterocycles. The van der Waals surface area contributed by atoms with E-state index in [1.807, 2.05) is 13.8 Å². The highest BCUT2D eigenvalue weighted by atomic mass is 32.2. The van der Waals surface area contributed by atoms with E-state index < -0.39 is 27.6 Å². The molecule has 20 heavy (non-hydrogen) atoms. The van der Waals surface area contributed by atoms with E-state index >= 15 is 0 Å². The number of nitrogens with one attached hydrogen (secondary N) is 1. The first-order valence-electron chi connectivity index (χ1n) is 6.74. The lowest BCUT2D eigenvalue weighted by molar-refractivity contribution is -0.158. The maximum atomic E-state index is 12.1. The number of sulfonamides is 1. The Labute approximate surface area is 122 Å². The second-order valence-corrected chi connectivity index (χ2v) is 7.70. The lowest BCUT2D eigenvalue weighted by Gasteiger charge is -2.27. The molecular weight excluding hydrogens is 282 g/mol. The van der Waals surface area contributed by atoms with E-state index in [2.05, 4.69) is 4.72 Å². The van der Waals surface area contributed by atoms with E-state index in [1.54, 1.807) is 20.8 Å². The first-order chi connectivity index (χ1) is 9.02. The van der Waals surface area contributed by atoms with Crippen LogP contribution in [0.3, 0.4) is 0 Å². The Morgan fingerprint density at radius 2 is 1.85 bits per heavy atom. The second-order valence-electron chi connectivity index (χ2n) is 5.83. The van der Waals surface area contributed by atoms with Crippen molar-refractivity contribution in [3.05, 3.63) is 0 Å². The molecule has 0 spiro atoms. The summed E-state index contributed by atoms with van der Waals surface area (Å²) in [5, 5.41) is 0. The van der Waals surface area contributed by atoms with Crippen LogP contribution in [-0.2, 0) is 24.3 Å². The number of ether oxygens (including phenoxy) is 2. The van der Waals surface area contributed by atoms with Crippen molar-refractivity contribution in [2.24, 2.45) is 5.92 Å². The number of methoxy groups -OCH3 is 1. The van der Waals surface area contributed by atoms with Crippen LogP contribution in [-0.4, -0.2) is 45.5 Å². The summed E-state index contributed by atoms with van der Waals surface area (Å²) in [5.41, 5.74) is -0.652. The minimum absolute atomic E-state index is 0.0802. The third-order valence-electron chi connectivity index (χ3n) is 2.74. The van der Waals surface area contributed by atoms with Crippen molar-refractivity contribution < 1.29 is 22.7 Å². The molecule has 0 bridgehead atoms. The van der Waals surface area contributed by atoms with Crippen LogP contribution in [0.4, 0.5) is 0 Å². The van der Waals surface area contributed by atoms with Crippen molar-refractivity contribution in [3.63, 3.8) is 0 Å². The highest BCUT2D eigenvalue weighted by Gasteiger charge is 2.32. The number of hydrogen-bond donors (Lipinski definition) is 1. The fraction of sp³-hybridized carbons (Fsp3) is 0.923. The third-order valence-corrected chi connectivity index (χ3v) is 4.05. The van der Waals surface area contributed by atoms with Gasteiger partial charge in [-0.05, 0) is 26.7 Å². The Morgan fingerprint density at radius 1 is 1.30 bits per heavy atom. The molecule has 120 valence electrons. The zero-order chi connectivity index (χ0) is 16.0. The predicted molar refractivity (Wildman–Crippen MR) is 77.9 cm³/mol. The van der Waals surface area contributed by atoms with Crippen molar-refractivity contribution in [1.29, 1.82) is 0 Å². The molecule has 0 aromatic heterocycles. The highest BCUT2D eigenvalue weighted by molar-refractivity contribution is 7.89. The van der Waals surface area contributed by atoms with E-state index in [0.29, 0.717) is 6.42 Å². The van der Waals surface area contributed by atoms with E-state index in [-0.39, 0.29) is 18.3 Å². The maximum absolute atomic E-state index is 12.1. The van der Waals surface area contributed by atoms with Gasteiger partial charge in [0.1, 0.15) is 11.6 Å². The van der Waals surface area contributed by atoms with Crippen molar-refractivity contribution >= 4 is 16.0 Å². The summed E-state index contributed by atoms with van der Waals surface area (Å²) in [6.45, 7) is 9.03. The Balaban J connectivity index is 4.95. The van der Waals surface area contributed by atoms with Crippen LogP contribution in [0, 0.1) is 5.92 Å². The molecule has 0 amide bonds. The van der Waals surface area contributed by atoms with Gasteiger partial charge in [0.05, 0.1) is 12.4 Å². The van der Waals surface area contributed by atoms with Gasteiger partial charge in [-0.25, -0.2) is 13.1 Å². The average molecular weight is 309 g/mol. The Morgan fingerprint density at radius 3 is 2.25 bits per heavy atom. The van der Waals surface area contributed by atoms with Gasteiger partial charge in [-0.3, -0.25) is 4.79 Å². The molecule has 0 rings (SSSR count). The molecular formula is C13H27NO5S. The lowest BCUT2D eigenvalue weighted by Crippen LogP contribution is -2.48. The standard InChI is InChI=1S/C13H27NO5S/c1-7-10(2)11(12(15)19-13(3,4)5)14-20(16,17)9-8-18-6/h10-11,14H,7-9H2,1-6H3/t10-,11-/m0/s1. The smallest absolute Gasteiger partial charge is 0.324 e. The van der Waals surface area contributed by atoms with Gasteiger partial charge in [0.25, 0.3) is 0 Å². The van der Waals surface area contributed by atoms with Crippen LogP contribution in [0.5, 0.6) is 0 Å². The van der Waals surface area contributed by atoms with Gasteiger partial charge >= 0.3 is 5.97 Å². The molecule has 0 fully saturated rings. The van der Waals surface area contributed by atoms with Crippen molar-refractivity contribution in [3.8, 4) is 0 Å². The number of carbonyl (C=O) groups excluding carboxylic acids is 1. The van der Waals surface area contributed by atoms with Gasteiger partial charge in [0.2, 0.25) is 10.0 Å². The minimum atomic E-state index is -3.57. The van der Waals surface area contributed by atoms with E-state index in [4.69, 9.17) is 9.47 Å². The van der Waals surface area contributed by atoms with Gasteiger partial charge in [-0.15, -0.1) is 0 Å². The molecule has 0 aliphatic carbocycles. The minimum Gasteiger partial charge on any atom is -0.459 e. The zero-order valence-electron chi connectivity index (χ0n) is 13.2. The number of carbonyl (C=O) groups is 1. The lowest BCUT2D eigenvalue weighted by atomic mass is 10.00. The van der Waals surface area contributed by atoms with Crippen LogP contribution in [0.2, 0.25) is 0 Å². The summed E-state index contributed by atoms with van der Waals surface area (Å²) < 4.78 is 36.2. The van der Waals surface area contributed by atoms with Gasteiger partial charge in [-0.1, -0.05) is 20.3 Å². The monoisotopic (exact) mass is 309 g/mol. The first-order valence-corrected chi connectivity index (χ1v) is 8.39. The fourth-order valence-electron chi connectivity index (χ4n) is 1.44. The van der Waals surface area contributed by atoms with Crippen LogP contribution in [0.25, 0.3) is 0 Å². The summed E-state index contributed by atoms with van der Waals surface area (Å²) in [6.07, 6.45) is 0.663. The maximum Gasteiger partial charge on any atom is 0.324 e. The Hall–Kier alpha value is -0.660. The summed E-state index contributed by atoms with van der Waals surface area (Å²) in [4.78, 5) is 12.1. The first kappa shape index (κ1) is 19.3. The molecule has 0 saturated carbocycles. The molecule has 2 atom stereocenters. The molecule has 6 nitrogen and oxygen atoms in total. The van der Waals surface area contributed by atoms with Crippen molar-refractivity contribution in [2.45, 2.75) is 52.7 Å². The van der Waals surface area contributed by atoms with Crippen LogP contribution >= 0.6 is 0 Å². The van der Waals surface area contributed by atoms with E-state index in [0.717, 1.165) is 0 Å². The third kappa shape index (κ3) is 7.81. The van der Waals surface area contributed by atoms with Gasteiger partial charge in [0.15, 0.2) is 0 Å². The molecule has 0 aliphatic rings. The zero-order valence-corrected chi connectivity index (χ0v) is 14.0. The molecule has 0 aromatic carbocycles. The molecule has 0 heterocycles. The van der Waals surface area contributed by atoms with Gasteiger partial charge < -0.3 is 9.47 Å².